The molecular weight excluding hydrogens is 262 g/mol. The number of hydrogen-bond donors (Lipinski definition) is 1. The van der Waals surface area contributed by atoms with Gasteiger partial charge >= 0.3 is 0 Å². The Morgan fingerprint density at radius 3 is 2.80 bits per heavy atom. The third-order valence-corrected chi connectivity index (χ3v) is 4.83. The van der Waals surface area contributed by atoms with Gasteiger partial charge in [-0.1, -0.05) is 42.0 Å². The predicted molar refractivity (Wildman–Crippen MR) is 88.4 cm³/mol. The largest absolute Gasteiger partial charge is 0.324 e. The second-order valence-corrected chi connectivity index (χ2v) is 6.34. The van der Waals surface area contributed by atoms with Gasteiger partial charge < -0.3 is 5.73 Å². The van der Waals surface area contributed by atoms with E-state index in [-0.39, 0.29) is 6.04 Å². The summed E-state index contributed by atoms with van der Waals surface area (Å²) in [5.74, 6) is 0. The van der Waals surface area contributed by atoms with Crippen LogP contribution in [-0.2, 0) is 6.42 Å². The fourth-order valence-electron chi connectivity index (χ4n) is 2.68. The summed E-state index contributed by atoms with van der Waals surface area (Å²) in [6.07, 6.45) is 0.893. The lowest BCUT2D eigenvalue weighted by atomic mass is 9.95. The highest BCUT2D eigenvalue weighted by atomic mass is 32.1. The van der Waals surface area contributed by atoms with Crippen LogP contribution in [0.1, 0.15) is 28.3 Å². The van der Waals surface area contributed by atoms with Crippen molar-refractivity contribution in [1.82, 2.24) is 0 Å². The molecule has 2 N–H and O–H groups in total. The molecule has 3 rings (SSSR count). The smallest absolute Gasteiger partial charge is 0.0390 e. The van der Waals surface area contributed by atoms with E-state index in [4.69, 9.17) is 5.73 Å². The van der Waals surface area contributed by atoms with Crippen LogP contribution in [0.25, 0.3) is 10.1 Å². The van der Waals surface area contributed by atoms with Gasteiger partial charge in [0.1, 0.15) is 0 Å². The molecule has 0 spiro atoms. The number of hydrogen-bond acceptors (Lipinski definition) is 2. The zero-order valence-corrected chi connectivity index (χ0v) is 12.7. The molecular formula is C18H19NS. The first-order chi connectivity index (χ1) is 9.65. The van der Waals surface area contributed by atoms with Crippen LogP contribution in [0.3, 0.4) is 0 Å². The van der Waals surface area contributed by atoms with Crippen molar-refractivity contribution in [2.24, 2.45) is 5.73 Å². The van der Waals surface area contributed by atoms with Crippen molar-refractivity contribution in [3.8, 4) is 0 Å². The van der Waals surface area contributed by atoms with Crippen molar-refractivity contribution >= 4 is 21.4 Å². The maximum atomic E-state index is 6.48. The van der Waals surface area contributed by atoms with Crippen LogP contribution in [0, 0.1) is 13.8 Å². The Kier molecular flexibility index (Phi) is 3.60. The third-order valence-electron chi connectivity index (χ3n) is 3.85. The molecule has 2 heteroatoms. The van der Waals surface area contributed by atoms with Crippen LogP contribution in [-0.4, -0.2) is 0 Å². The maximum absolute atomic E-state index is 6.48. The average Bonchev–Trinajstić information content (AvgIpc) is 2.91. The van der Waals surface area contributed by atoms with E-state index in [0.29, 0.717) is 0 Å². The molecule has 1 aromatic heterocycles. The average molecular weight is 281 g/mol. The fourth-order valence-corrected chi connectivity index (χ4v) is 3.65. The number of thiophene rings is 1. The van der Waals surface area contributed by atoms with E-state index in [1.807, 2.05) is 0 Å². The summed E-state index contributed by atoms with van der Waals surface area (Å²) < 4.78 is 1.32. The SMILES string of the molecule is Cc1ccc(C)c(CC(N)c2cccc3ccsc23)c1. The van der Waals surface area contributed by atoms with Gasteiger partial charge in [-0.2, -0.15) is 0 Å². The van der Waals surface area contributed by atoms with E-state index < -0.39 is 0 Å². The van der Waals surface area contributed by atoms with Gasteiger partial charge in [0.15, 0.2) is 0 Å². The van der Waals surface area contributed by atoms with Gasteiger partial charge in [-0.05, 0) is 53.8 Å². The lowest BCUT2D eigenvalue weighted by Crippen LogP contribution is -2.14. The molecule has 0 amide bonds. The van der Waals surface area contributed by atoms with Crippen molar-refractivity contribution in [2.75, 3.05) is 0 Å². The Hall–Kier alpha value is -1.64. The first-order valence-electron chi connectivity index (χ1n) is 6.93. The molecule has 0 aliphatic carbocycles. The first-order valence-corrected chi connectivity index (χ1v) is 7.81. The van der Waals surface area contributed by atoms with E-state index in [1.54, 1.807) is 11.3 Å². The van der Waals surface area contributed by atoms with E-state index in [1.165, 1.54) is 32.3 Å². The highest BCUT2D eigenvalue weighted by Crippen LogP contribution is 2.30. The van der Waals surface area contributed by atoms with Crippen molar-refractivity contribution < 1.29 is 0 Å². The van der Waals surface area contributed by atoms with Gasteiger partial charge in [0, 0.05) is 10.7 Å². The molecule has 1 heterocycles. The quantitative estimate of drug-likeness (QED) is 0.736. The number of rotatable bonds is 3. The van der Waals surface area contributed by atoms with Crippen molar-refractivity contribution in [3.63, 3.8) is 0 Å². The van der Waals surface area contributed by atoms with E-state index in [2.05, 4.69) is 61.7 Å². The van der Waals surface area contributed by atoms with Crippen LogP contribution in [0.5, 0.6) is 0 Å². The highest BCUT2D eigenvalue weighted by Gasteiger charge is 2.12. The molecule has 0 radical (unpaired) electrons. The van der Waals surface area contributed by atoms with Gasteiger partial charge in [0.25, 0.3) is 0 Å². The summed E-state index contributed by atoms with van der Waals surface area (Å²) in [6.45, 7) is 4.29. The minimum Gasteiger partial charge on any atom is -0.324 e. The number of fused-ring (bicyclic) bond motifs is 1. The minimum absolute atomic E-state index is 0.0536. The van der Waals surface area contributed by atoms with Crippen molar-refractivity contribution in [2.45, 2.75) is 26.3 Å². The number of nitrogens with two attached hydrogens (primary N) is 1. The van der Waals surface area contributed by atoms with Crippen molar-refractivity contribution in [3.05, 3.63) is 70.1 Å². The van der Waals surface area contributed by atoms with Crippen LogP contribution < -0.4 is 5.73 Å². The molecule has 0 saturated heterocycles. The van der Waals surface area contributed by atoms with Gasteiger partial charge in [0.2, 0.25) is 0 Å². The zero-order chi connectivity index (χ0) is 14.1. The molecule has 1 atom stereocenters. The first kappa shape index (κ1) is 13.3. The van der Waals surface area contributed by atoms with E-state index in [9.17, 15) is 0 Å². The molecule has 2 aromatic carbocycles. The lowest BCUT2D eigenvalue weighted by Gasteiger charge is -2.15. The molecule has 1 unspecified atom stereocenters. The van der Waals surface area contributed by atoms with Gasteiger partial charge in [-0.15, -0.1) is 11.3 Å². The Labute approximate surface area is 124 Å². The Bertz CT molecular complexity index is 742. The highest BCUT2D eigenvalue weighted by molar-refractivity contribution is 7.17. The Morgan fingerprint density at radius 1 is 1.10 bits per heavy atom. The van der Waals surface area contributed by atoms with Crippen molar-refractivity contribution in [1.29, 1.82) is 0 Å². The molecule has 102 valence electrons. The van der Waals surface area contributed by atoms with Crippen LogP contribution >= 0.6 is 11.3 Å². The molecule has 0 fully saturated rings. The molecule has 0 saturated carbocycles. The molecule has 1 nitrogen and oxygen atoms in total. The summed E-state index contributed by atoms with van der Waals surface area (Å²) in [5.41, 5.74) is 11.7. The fraction of sp³-hybridized carbons (Fsp3) is 0.222. The van der Waals surface area contributed by atoms with Gasteiger partial charge in [-0.3, -0.25) is 0 Å². The predicted octanol–water partition coefficient (Wildman–Crippen LogP) is 4.76. The summed E-state index contributed by atoms with van der Waals surface area (Å²) in [7, 11) is 0. The lowest BCUT2D eigenvalue weighted by molar-refractivity contribution is 0.725. The Balaban J connectivity index is 1.95. The summed E-state index contributed by atoms with van der Waals surface area (Å²) in [6, 6.07) is 15.2. The van der Waals surface area contributed by atoms with Crippen LogP contribution in [0.15, 0.2) is 47.8 Å². The zero-order valence-electron chi connectivity index (χ0n) is 11.9. The van der Waals surface area contributed by atoms with E-state index in [0.717, 1.165) is 6.42 Å². The van der Waals surface area contributed by atoms with E-state index >= 15 is 0 Å². The third kappa shape index (κ3) is 2.49. The normalized spacial score (nSPS) is 12.8. The Morgan fingerprint density at radius 2 is 1.95 bits per heavy atom. The number of aryl methyl sites for hydroxylation is 2. The minimum atomic E-state index is 0.0536. The second-order valence-electron chi connectivity index (χ2n) is 5.43. The summed E-state index contributed by atoms with van der Waals surface area (Å²) in [4.78, 5) is 0. The maximum Gasteiger partial charge on any atom is 0.0390 e. The van der Waals surface area contributed by atoms with Gasteiger partial charge in [-0.25, -0.2) is 0 Å². The standard InChI is InChI=1S/C18H19NS/c1-12-6-7-13(2)15(10-12)11-17(19)16-5-3-4-14-8-9-20-18(14)16/h3-10,17H,11,19H2,1-2H3. The molecule has 0 aliphatic rings. The second kappa shape index (κ2) is 5.39. The molecule has 3 aromatic rings. The topological polar surface area (TPSA) is 26.0 Å². The number of benzene rings is 2. The van der Waals surface area contributed by atoms with Gasteiger partial charge in [0.05, 0.1) is 0 Å². The molecule has 0 bridgehead atoms. The molecule has 0 aliphatic heterocycles. The van der Waals surface area contributed by atoms with Crippen LogP contribution in [0.4, 0.5) is 0 Å². The molecule has 20 heavy (non-hydrogen) atoms. The van der Waals surface area contributed by atoms with Crippen LogP contribution in [0.2, 0.25) is 0 Å². The monoisotopic (exact) mass is 281 g/mol. The summed E-state index contributed by atoms with van der Waals surface area (Å²) in [5, 5.41) is 3.43. The summed E-state index contributed by atoms with van der Waals surface area (Å²) >= 11 is 1.78.